The van der Waals surface area contributed by atoms with E-state index in [0.29, 0.717) is 12.1 Å². The SMILES string of the molecule is COC(=O)[C@@H](NC(=O)C(F)(F)F)c1ccc(C(F)(F)F)cc1. The third kappa shape index (κ3) is 4.37. The Kier molecular flexibility index (Phi) is 5.05. The summed E-state index contributed by atoms with van der Waals surface area (Å²) in [4.78, 5) is 22.3. The van der Waals surface area contributed by atoms with E-state index in [1.165, 1.54) is 5.32 Å². The van der Waals surface area contributed by atoms with Gasteiger partial charge in [-0.1, -0.05) is 12.1 Å². The molecule has 1 N–H and O–H groups in total. The lowest BCUT2D eigenvalue weighted by Crippen LogP contribution is -2.42. The predicted molar refractivity (Wildman–Crippen MR) is 60.4 cm³/mol. The number of halogens is 6. The zero-order chi connectivity index (χ0) is 17.1. The van der Waals surface area contributed by atoms with Gasteiger partial charge in [0.25, 0.3) is 0 Å². The van der Waals surface area contributed by atoms with Crippen molar-refractivity contribution in [2.45, 2.75) is 18.4 Å². The van der Waals surface area contributed by atoms with Crippen LogP contribution in [0.1, 0.15) is 17.2 Å². The largest absolute Gasteiger partial charge is 0.471 e. The molecule has 1 aromatic carbocycles. The number of ether oxygens (including phenoxy) is 1. The highest BCUT2D eigenvalue weighted by atomic mass is 19.4. The molecule has 0 aliphatic heterocycles. The van der Waals surface area contributed by atoms with Crippen LogP contribution in [0.4, 0.5) is 26.3 Å². The summed E-state index contributed by atoms with van der Waals surface area (Å²) in [5.74, 6) is -3.67. The van der Waals surface area contributed by atoms with Crippen LogP contribution >= 0.6 is 0 Å². The summed E-state index contributed by atoms with van der Waals surface area (Å²) in [5.41, 5.74) is -1.33. The Morgan fingerprint density at radius 3 is 1.91 bits per heavy atom. The normalized spacial score (nSPS) is 13.4. The first-order chi connectivity index (χ1) is 9.96. The monoisotopic (exact) mass is 329 g/mol. The third-order valence-electron chi connectivity index (χ3n) is 2.54. The van der Waals surface area contributed by atoms with Crippen LogP contribution in [0.2, 0.25) is 0 Å². The van der Waals surface area contributed by atoms with Gasteiger partial charge in [-0.05, 0) is 17.7 Å². The van der Waals surface area contributed by atoms with Gasteiger partial charge in [-0.3, -0.25) is 4.79 Å². The molecule has 0 saturated carbocycles. The summed E-state index contributed by atoms with van der Waals surface area (Å²) in [6.07, 6.45) is -9.90. The number of methoxy groups -OCH3 is 1. The summed E-state index contributed by atoms with van der Waals surface area (Å²) < 4.78 is 78.0. The lowest BCUT2D eigenvalue weighted by molar-refractivity contribution is -0.175. The first-order valence-electron chi connectivity index (χ1n) is 5.59. The fraction of sp³-hybridized carbons (Fsp3) is 0.333. The number of hydrogen-bond acceptors (Lipinski definition) is 3. The van der Waals surface area contributed by atoms with Gasteiger partial charge >= 0.3 is 24.2 Å². The third-order valence-corrected chi connectivity index (χ3v) is 2.54. The smallest absolute Gasteiger partial charge is 0.467 e. The second-order valence-corrected chi connectivity index (χ2v) is 4.05. The van der Waals surface area contributed by atoms with Crippen LogP contribution in [0.5, 0.6) is 0 Å². The van der Waals surface area contributed by atoms with Crippen LogP contribution in [0, 0.1) is 0 Å². The second kappa shape index (κ2) is 6.24. The maximum absolute atomic E-state index is 12.4. The summed E-state index contributed by atoms with van der Waals surface area (Å²) >= 11 is 0. The highest BCUT2D eigenvalue weighted by molar-refractivity contribution is 5.88. The molecule has 122 valence electrons. The Balaban J connectivity index is 3.08. The highest BCUT2D eigenvalue weighted by Gasteiger charge is 2.41. The number of benzene rings is 1. The van der Waals surface area contributed by atoms with E-state index in [1.54, 1.807) is 0 Å². The van der Waals surface area contributed by atoms with Gasteiger partial charge in [-0.15, -0.1) is 0 Å². The standard InChI is InChI=1S/C12H9F6NO3/c1-22-9(20)8(19-10(21)12(16,17)18)6-2-4-7(5-3-6)11(13,14)15/h2-5,8H,1H3,(H,19,21)/t8-/m0/s1. The molecule has 0 unspecified atom stereocenters. The Hall–Kier alpha value is -2.26. The van der Waals surface area contributed by atoms with Gasteiger partial charge in [0, 0.05) is 0 Å². The lowest BCUT2D eigenvalue weighted by atomic mass is 10.0. The number of esters is 1. The van der Waals surface area contributed by atoms with Gasteiger partial charge in [-0.2, -0.15) is 26.3 Å². The van der Waals surface area contributed by atoms with Crippen LogP contribution in [-0.2, 0) is 20.5 Å². The molecule has 0 spiro atoms. The topological polar surface area (TPSA) is 55.4 Å². The molecule has 22 heavy (non-hydrogen) atoms. The van der Waals surface area contributed by atoms with Gasteiger partial charge in [0.15, 0.2) is 6.04 Å². The van der Waals surface area contributed by atoms with Gasteiger partial charge in [0.05, 0.1) is 12.7 Å². The van der Waals surface area contributed by atoms with E-state index in [9.17, 15) is 35.9 Å². The lowest BCUT2D eigenvalue weighted by Gasteiger charge is -2.18. The zero-order valence-electron chi connectivity index (χ0n) is 10.9. The summed E-state index contributed by atoms with van der Waals surface area (Å²) in [6, 6.07) is 0.833. The number of amides is 1. The van der Waals surface area contributed by atoms with Crippen molar-refractivity contribution in [3.63, 3.8) is 0 Å². The molecule has 0 radical (unpaired) electrons. The van der Waals surface area contributed by atoms with Gasteiger partial charge in [0.1, 0.15) is 0 Å². The molecule has 0 heterocycles. The molecule has 0 aliphatic rings. The van der Waals surface area contributed by atoms with Crippen LogP contribution in [0.25, 0.3) is 0 Å². The van der Waals surface area contributed by atoms with E-state index in [0.717, 1.165) is 19.2 Å². The fourth-order valence-electron chi connectivity index (χ4n) is 1.47. The van der Waals surface area contributed by atoms with Gasteiger partial charge in [-0.25, -0.2) is 4.79 Å². The average Bonchev–Trinajstić information content (AvgIpc) is 2.41. The molecule has 1 atom stereocenters. The Morgan fingerprint density at radius 1 is 1.05 bits per heavy atom. The minimum Gasteiger partial charge on any atom is -0.467 e. The van der Waals surface area contributed by atoms with E-state index in [2.05, 4.69) is 4.74 Å². The molecule has 1 aromatic rings. The summed E-state index contributed by atoms with van der Waals surface area (Å²) in [7, 11) is 0.860. The van der Waals surface area contributed by atoms with Crippen molar-refractivity contribution < 1.29 is 40.7 Å². The number of carbonyl (C=O) groups excluding carboxylic acids is 2. The first-order valence-corrected chi connectivity index (χ1v) is 5.59. The molecule has 10 heteroatoms. The molecular formula is C12H9F6NO3. The van der Waals surface area contributed by atoms with E-state index in [1.807, 2.05) is 0 Å². The quantitative estimate of drug-likeness (QED) is 0.685. The molecule has 0 bridgehead atoms. The predicted octanol–water partition coefficient (Wildman–Crippen LogP) is 2.60. The highest BCUT2D eigenvalue weighted by Crippen LogP contribution is 2.30. The van der Waals surface area contributed by atoms with Crippen molar-refractivity contribution in [3.8, 4) is 0 Å². The Bertz CT molecular complexity index is 549. The van der Waals surface area contributed by atoms with E-state index in [4.69, 9.17) is 0 Å². The van der Waals surface area contributed by atoms with Crippen molar-refractivity contribution in [2.75, 3.05) is 7.11 Å². The zero-order valence-corrected chi connectivity index (χ0v) is 10.9. The summed E-state index contributed by atoms with van der Waals surface area (Å²) in [5, 5.41) is 1.36. The van der Waals surface area contributed by atoms with E-state index < -0.39 is 35.8 Å². The van der Waals surface area contributed by atoms with Crippen LogP contribution < -0.4 is 5.32 Å². The van der Waals surface area contributed by atoms with Crippen LogP contribution in [0.15, 0.2) is 24.3 Å². The number of alkyl halides is 6. The average molecular weight is 329 g/mol. The second-order valence-electron chi connectivity index (χ2n) is 4.05. The molecule has 1 amide bonds. The molecular weight excluding hydrogens is 320 g/mol. The molecule has 4 nitrogen and oxygen atoms in total. The number of rotatable bonds is 3. The number of nitrogens with one attached hydrogen (secondary N) is 1. The van der Waals surface area contributed by atoms with E-state index in [-0.39, 0.29) is 5.56 Å². The number of carbonyl (C=O) groups is 2. The van der Waals surface area contributed by atoms with Gasteiger partial charge in [0.2, 0.25) is 0 Å². The van der Waals surface area contributed by atoms with Crippen LogP contribution in [-0.4, -0.2) is 25.2 Å². The fourth-order valence-corrected chi connectivity index (χ4v) is 1.47. The maximum atomic E-state index is 12.4. The molecule has 0 aliphatic carbocycles. The minimum atomic E-state index is -5.25. The van der Waals surface area contributed by atoms with Crippen molar-refractivity contribution in [2.24, 2.45) is 0 Å². The molecule has 0 saturated heterocycles. The minimum absolute atomic E-state index is 0.280. The van der Waals surface area contributed by atoms with Crippen LogP contribution in [0.3, 0.4) is 0 Å². The summed E-state index contributed by atoms with van der Waals surface area (Å²) in [6.45, 7) is 0. The molecule has 1 rings (SSSR count). The Morgan fingerprint density at radius 2 is 1.55 bits per heavy atom. The van der Waals surface area contributed by atoms with Crippen molar-refractivity contribution in [1.82, 2.24) is 5.32 Å². The first kappa shape index (κ1) is 17.8. The Labute approximate surface area is 120 Å². The van der Waals surface area contributed by atoms with Gasteiger partial charge < -0.3 is 10.1 Å². The van der Waals surface area contributed by atoms with Crippen molar-refractivity contribution >= 4 is 11.9 Å². The van der Waals surface area contributed by atoms with Crippen molar-refractivity contribution in [3.05, 3.63) is 35.4 Å². The maximum Gasteiger partial charge on any atom is 0.471 e. The molecule has 0 aromatic heterocycles. The van der Waals surface area contributed by atoms with Crippen molar-refractivity contribution in [1.29, 1.82) is 0 Å². The molecule has 0 fully saturated rings. The number of hydrogen-bond donors (Lipinski definition) is 1. The van der Waals surface area contributed by atoms with E-state index >= 15 is 0 Å².